The Kier molecular flexibility index (Phi) is 6.11. The van der Waals surface area contributed by atoms with E-state index >= 15 is 0 Å². The molecule has 0 atom stereocenters. The van der Waals surface area contributed by atoms with E-state index in [1.165, 1.54) is 18.2 Å². The van der Waals surface area contributed by atoms with Crippen molar-refractivity contribution in [1.29, 1.82) is 0 Å². The largest absolute Gasteiger partial charge is 0.445 e. The molecular formula is C17H17FN2O3. The van der Waals surface area contributed by atoms with Gasteiger partial charge in [0.15, 0.2) is 0 Å². The molecule has 120 valence electrons. The third kappa shape index (κ3) is 5.78. The van der Waals surface area contributed by atoms with Crippen molar-refractivity contribution in [1.82, 2.24) is 5.32 Å². The summed E-state index contributed by atoms with van der Waals surface area (Å²) in [5, 5.41) is 4.90. The second kappa shape index (κ2) is 8.53. The highest BCUT2D eigenvalue weighted by molar-refractivity contribution is 5.91. The Hall–Kier alpha value is -2.89. The van der Waals surface area contributed by atoms with Crippen molar-refractivity contribution in [3.8, 4) is 0 Å². The van der Waals surface area contributed by atoms with E-state index < -0.39 is 17.8 Å². The summed E-state index contributed by atoms with van der Waals surface area (Å²) in [5.74, 6) is -0.894. The molecule has 0 radical (unpaired) electrons. The maximum atomic E-state index is 13.4. The minimum Gasteiger partial charge on any atom is -0.445 e. The second-order valence-electron chi connectivity index (χ2n) is 4.77. The third-order valence-electron chi connectivity index (χ3n) is 2.98. The van der Waals surface area contributed by atoms with Crippen LogP contribution in [-0.4, -0.2) is 18.5 Å². The predicted molar refractivity (Wildman–Crippen MR) is 84.3 cm³/mol. The number of carbonyl (C=O) groups excluding carboxylic acids is 2. The van der Waals surface area contributed by atoms with Crippen LogP contribution in [-0.2, 0) is 16.1 Å². The maximum Gasteiger partial charge on any atom is 0.407 e. The number of hydrogen-bond acceptors (Lipinski definition) is 3. The molecule has 2 amide bonds. The molecule has 23 heavy (non-hydrogen) atoms. The highest BCUT2D eigenvalue weighted by Crippen LogP contribution is 2.12. The standard InChI is InChI=1S/C17H17FN2O3/c18-14-8-4-5-9-15(14)20-16(21)10-11-19-17(22)23-12-13-6-2-1-3-7-13/h1-9H,10-12H2,(H,19,22)(H,20,21). The zero-order chi connectivity index (χ0) is 16.5. The summed E-state index contributed by atoms with van der Waals surface area (Å²) in [6.07, 6.45) is -0.582. The number of ether oxygens (including phenoxy) is 1. The summed E-state index contributed by atoms with van der Waals surface area (Å²) in [6, 6.07) is 15.1. The van der Waals surface area contributed by atoms with E-state index in [2.05, 4.69) is 10.6 Å². The summed E-state index contributed by atoms with van der Waals surface area (Å²) >= 11 is 0. The number of para-hydroxylation sites is 1. The molecule has 2 N–H and O–H groups in total. The minimum atomic E-state index is -0.604. The van der Waals surface area contributed by atoms with E-state index in [1.54, 1.807) is 6.07 Å². The Bertz CT molecular complexity index is 662. The quantitative estimate of drug-likeness (QED) is 0.860. The number of carbonyl (C=O) groups is 2. The highest BCUT2D eigenvalue weighted by atomic mass is 19.1. The van der Waals surface area contributed by atoms with E-state index in [9.17, 15) is 14.0 Å². The summed E-state index contributed by atoms with van der Waals surface area (Å²) in [4.78, 5) is 23.1. The number of hydrogen-bond donors (Lipinski definition) is 2. The van der Waals surface area contributed by atoms with Crippen LogP contribution in [0, 0.1) is 5.82 Å². The molecule has 0 spiro atoms. The number of amides is 2. The number of nitrogens with one attached hydrogen (secondary N) is 2. The summed E-state index contributed by atoms with van der Waals surface area (Å²) in [5.41, 5.74) is 0.990. The lowest BCUT2D eigenvalue weighted by Crippen LogP contribution is -2.28. The van der Waals surface area contributed by atoms with E-state index in [-0.39, 0.29) is 25.3 Å². The molecule has 0 saturated carbocycles. The zero-order valence-corrected chi connectivity index (χ0v) is 12.4. The third-order valence-corrected chi connectivity index (χ3v) is 2.98. The Labute approximate surface area is 133 Å². The van der Waals surface area contributed by atoms with Crippen LogP contribution < -0.4 is 10.6 Å². The number of halogens is 1. The molecule has 6 heteroatoms. The lowest BCUT2D eigenvalue weighted by atomic mass is 10.2. The molecule has 2 aromatic carbocycles. The molecule has 0 heterocycles. The fourth-order valence-corrected chi connectivity index (χ4v) is 1.83. The molecule has 0 unspecified atom stereocenters. The fraction of sp³-hybridized carbons (Fsp3) is 0.176. The monoisotopic (exact) mass is 316 g/mol. The van der Waals surface area contributed by atoms with Gasteiger partial charge < -0.3 is 15.4 Å². The Morgan fingerprint density at radius 3 is 2.43 bits per heavy atom. The van der Waals surface area contributed by atoms with Gasteiger partial charge in [-0.3, -0.25) is 4.79 Å². The van der Waals surface area contributed by atoms with Crippen molar-refractivity contribution in [3.05, 3.63) is 66.0 Å². The van der Waals surface area contributed by atoms with Gasteiger partial charge in [0.2, 0.25) is 5.91 Å². The Morgan fingerprint density at radius 1 is 1.00 bits per heavy atom. The molecule has 0 aromatic heterocycles. The van der Waals surface area contributed by atoms with Crippen molar-refractivity contribution in [2.24, 2.45) is 0 Å². The van der Waals surface area contributed by atoms with Crippen molar-refractivity contribution in [3.63, 3.8) is 0 Å². The molecule has 2 aromatic rings. The van der Waals surface area contributed by atoms with Crippen molar-refractivity contribution in [2.45, 2.75) is 13.0 Å². The Balaban J connectivity index is 1.65. The van der Waals surface area contributed by atoms with Gasteiger partial charge in [0.1, 0.15) is 12.4 Å². The van der Waals surface area contributed by atoms with Crippen LogP contribution in [0.25, 0.3) is 0 Å². The van der Waals surface area contributed by atoms with Crippen LogP contribution in [0.1, 0.15) is 12.0 Å². The van der Waals surface area contributed by atoms with E-state index in [1.807, 2.05) is 30.3 Å². The summed E-state index contributed by atoms with van der Waals surface area (Å²) < 4.78 is 18.4. The molecule has 0 aliphatic rings. The van der Waals surface area contributed by atoms with Crippen LogP contribution in [0.3, 0.4) is 0 Å². The van der Waals surface area contributed by atoms with Gasteiger partial charge in [-0.2, -0.15) is 0 Å². The van der Waals surface area contributed by atoms with Crippen LogP contribution in [0.2, 0.25) is 0 Å². The van der Waals surface area contributed by atoms with E-state index in [4.69, 9.17) is 4.74 Å². The maximum absolute atomic E-state index is 13.4. The predicted octanol–water partition coefficient (Wildman–Crippen LogP) is 3.08. The minimum absolute atomic E-state index is 0.0226. The van der Waals surface area contributed by atoms with Gasteiger partial charge in [-0.1, -0.05) is 42.5 Å². The summed E-state index contributed by atoms with van der Waals surface area (Å²) in [6.45, 7) is 0.266. The van der Waals surface area contributed by atoms with Crippen molar-refractivity contribution < 1.29 is 18.7 Å². The molecule has 0 saturated heterocycles. The molecule has 2 rings (SSSR count). The van der Waals surface area contributed by atoms with Crippen molar-refractivity contribution in [2.75, 3.05) is 11.9 Å². The lowest BCUT2D eigenvalue weighted by Gasteiger charge is -2.08. The number of alkyl carbamates (subject to hydrolysis) is 1. The van der Waals surface area contributed by atoms with Gasteiger partial charge in [-0.05, 0) is 17.7 Å². The van der Waals surface area contributed by atoms with Crippen LogP contribution in [0.4, 0.5) is 14.9 Å². The van der Waals surface area contributed by atoms with Gasteiger partial charge in [0.25, 0.3) is 0 Å². The molecule has 0 aliphatic carbocycles. The number of benzene rings is 2. The van der Waals surface area contributed by atoms with Crippen LogP contribution >= 0.6 is 0 Å². The molecule has 0 bridgehead atoms. The average molecular weight is 316 g/mol. The lowest BCUT2D eigenvalue weighted by molar-refractivity contribution is -0.116. The smallest absolute Gasteiger partial charge is 0.407 e. The SMILES string of the molecule is O=C(CCNC(=O)OCc1ccccc1)Nc1ccccc1F. The first kappa shape index (κ1) is 16.5. The first-order valence-electron chi connectivity index (χ1n) is 7.14. The van der Waals surface area contributed by atoms with E-state index in [0.29, 0.717) is 0 Å². The van der Waals surface area contributed by atoms with E-state index in [0.717, 1.165) is 5.56 Å². The van der Waals surface area contributed by atoms with Gasteiger partial charge in [0, 0.05) is 13.0 Å². The first-order chi connectivity index (χ1) is 11.1. The molecule has 0 aliphatic heterocycles. The van der Waals surface area contributed by atoms with Gasteiger partial charge in [-0.15, -0.1) is 0 Å². The van der Waals surface area contributed by atoms with Crippen molar-refractivity contribution >= 4 is 17.7 Å². The second-order valence-corrected chi connectivity index (χ2v) is 4.77. The topological polar surface area (TPSA) is 67.4 Å². The number of anilines is 1. The van der Waals surface area contributed by atoms with Gasteiger partial charge in [-0.25, -0.2) is 9.18 Å². The van der Waals surface area contributed by atoms with Gasteiger partial charge >= 0.3 is 6.09 Å². The van der Waals surface area contributed by atoms with Crippen LogP contribution in [0.5, 0.6) is 0 Å². The zero-order valence-electron chi connectivity index (χ0n) is 12.4. The molecule has 0 fully saturated rings. The first-order valence-corrected chi connectivity index (χ1v) is 7.14. The molecule has 5 nitrogen and oxygen atoms in total. The average Bonchev–Trinajstić information content (AvgIpc) is 2.56. The van der Waals surface area contributed by atoms with Gasteiger partial charge in [0.05, 0.1) is 5.69 Å². The summed E-state index contributed by atoms with van der Waals surface area (Å²) in [7, 11) is 0. The Morgan fingerprint density at radius 2 is 1.70 bits per heavy atom. The van der Waals surface area contributed by atoms with Crippen LogP contribution in [0.15, 0.2) is 54.6 Å². The molecular weight excluding hydrogens is 299 g/mol. The normalized spacial score (nSPS) is 9.96. The highest BCUT2D eigenvalue weighted by Gasteiger charge is 2.07. The fourth-order valence-electron chi connectivity index (χ4n) is 1.83. The number of rotatable bonds is 6.